The third-order valence-corrected chi connectivity index (χ3v) is 3.63. The fraction of sp³-hybridized carbons (Fsp3) is 0.0526. The molecule has 0 saturated carbocycles. The molecule has 3 aromatic carbocycles. The van der Waals surface area contributed by atoms with Crippen LogP contribution in [0.1, 0.15) is 5.56 Å². The van der Waals surface area contributed by atoms with E-state index in [4.69, 9.17) is 11.5 Å². The molecule has 0 aliphatic carbocycles. The summed E-state index contributed by atoms with van der Waals surface area (Å²) in [5, 5.41) is 8.73. The number of hydrogen-bond acceptors (Lipinski definition) is 4. The number of halogens is 1. The van der Waals surface area contributed by atoms with Crippen molar-refractivity contribution in [1.82, 2.24) is 0 Å². The Labute approximate surface area is 147 Å². The highest BCUT2D eigenvalue weighted by atomic mass is 35.5. The average Bonchev–Trinajstić information content (AvgIpc) is 2.55. The van der Waals surface area contributed by atoms with Crippen LogP contribution in [0.25, 0.3) is 11.1 Å². The van der Waals surface area contributed by atoms with Crippen LogP contribution in [0.2, 0.25) is 0 Å². The lowest BCUT2D eigenvalue weighted by Gasteiger charge is -2.12. The Morgan fingerprint density at radius 1 is 0.792 bits per heavy atom. The maximum Gasteiger partial charge on any atom is 0.0938 e. The second kappa shape index (κ2) is 7.62. The first-order valence-electron chi connectivity index (χ1n) is 7.37. The molecule has 0 bridgehead atoms. The number of benzene rings is 3. The van der Waals surface area contributed by atoms with Gasteiger partial charge in [0.15, 0.2) is 0 Å². The van der Waals surface area contributed by atoms with Crippen LogP contribution in [-0.2, 0) is 0 Å². The molecule has 0 spiro atoms. The van der Waals surface area contributed by atoms with E-state index in [1.807, 2.05) is 67.6 Å². The van der Waals surface area contributed by atoms with Crippen molar-refractivity contribution in [2.75, 3.05) is 11.5 Å². The van der Waals surface area contributed by atoms with E-state index < -0.39 is 0 Å². The summed E-state index contributed by atoms with van der Waals surface area (Å²) in [7, 11) is 0. The van der Waals surface area contributed by atoms with Gasteiger partial charge in [-0.15, -0.1) is 17.5 Å². The van der Waals surface area contributed by atoms with Gasteiger partial charge in [-0.05, 0) is 42.8 Å². The van der Waals surface area contributed by atoms with E-state index in [0.717, 1.165) is 28.1 Å². The van der Waals surface area contributed by atoms with Crippen molar-refractivity contribution in [2.24, 2.45) is 10.2 Å². The number of rotatable bonds is 3. The Hall–Kier alpha value is -2.85. The van der Waals surface area contributed by atoms with Gasteiger partial charge in [0, 0.05) is 22.5 Å². The SMILES string of the molecule is Cc1cccc(N=Nc2ccccc2)c1-c1ccc(N)cc1N.Cl. The van der Waals surface area contributed by atoms with Crippen molar-refractivity contribution in [3.8, 4) is 11.1 Å². The van der Waals surface area contributed by atoms with Gasteiger partial charge < -0.3 is 11.5 Å². The molecule has 0 atom stereocenters. The van der Waals surface area contributed by atoms with E-state index >= 15 is 0 Å². The smallest absolute Gasteiger partial charge is 0.0938 e. The molecule has 4 nitrogen and oxygen atoms in total. The van der Waals surface area contributed by atoms with Crippen LogP contribution in [0.15, 0.2) is 77.0 Å². The zero-order chi connectivity index (χ0) is 16.2. The van der Waals surface area contributed by atoms with Crippen LogP contribution < -0.4 is 11.5 Å². The second-order valence-electron chi connectivity index (χ2n) is 5.35. The van der Waals surface area contributed by atoms with Gasteiger partial charge in [0.2, 0.25) is 0 Å². The number of aryl methyl sites for hydroxylation is 1. The summed E-state index contributed by atoms with van der Waals surface area (Å²) >= 11 is 0. The highest BCUT2D eigenvalue weighted by Gasteiger charge is 2.11. The van der Waals surface area contributed by atoms with Gasteiger partial charge in [-0.25, -0.2) is 0 Å². The third kappa shape index (κ3) is 3.73. The topological polar surface area (TPSA) is 76.8 Å². The fourth-order valence-electron chi connectivity index (χ4n) is 2.50. The summed E-state index contributed by atoms with van der Waals surface area (Å²) in [6, 6.07) is 21.1. The molecule has 0 radical (unpaired) electrons. The zero-order valence-electron chi connectivity index (χ0n) is 13.3. The quantitative estimate of drug-likeness (QED) is 0.477. The number of nitrogen functional groups attached to an aromatic ring is 2. The van der Waals surface area contributed by atoms with Gasteiger partial charge in [0.1, 0.15) is 0 Å². The van der Waals surface area contributed by atoms with Crippen molar-refractivity contribution < 1.29 is 0 Å². The van der Waals surface area contributed by atoms with Crippen LogP contribution in [0, 0.1) is 6.92 Å². The van der Waals surface area contributed by atoms with Crippen LogP contribution in [0.4, 0.5) is 22.7 Å². The first-order valence-corrected chi connectivity index (χ1v) is 7.37. The molecule has 0 saturated heterocycles. The van der Waals surface area contributed by atoms with E-state index in [0.29, 0.717) is 11.4 Å². The molecule has 0 aliphatic rings. The van der Waals surface area contributed by atoms with Crippen LogP contribution in [0.3, 0.4) is 0 Å². The Kier molecular flexibility index (Phi) is 5.55. The Balaban J connectivity index is 0.00000208. The lowest BCUT2D eigenvalue weighted by atomic mass is 9.97. The molecule has 0 fully saturated rings. The molecule has 0 heterocycles. The maximum absolute atomic E-state index is 6.15. The van der Waals surface area contributed by atoms with E-state index in [9.17, 15) is 0 Å². The predicted octanol–water partition coefficient (Wildman–Crippen LogP) is 5.66. The highest BCUT2D eigenvalue weighted by Crippen LogP contribution is 2.38. The monoisotopic (exact) mass is 338 g/mol. The van der Waals surface area contributed by atoms with Gasteiger partial charge in [-0.3, -0.25) is 0 Å². The second-order valence-corrected chi connectivity index (χ2v) is 5.35. The summed E-state index contributed by atoms with van der Waals surface area (Å²) in [5.74, 6) is 0. The summed E-state index contributed by atoms with van der Waals surface area (Å²) < 4.78 is 0. The van der Waals surface area contributed by atoms with E-state index in [-0.39, 0.29) is 12.4 Å². The Morgan fingerprint density at radius 2 is 1.54 bits per heavy atom. The van der Waals surface area contributed by atoms with Crippen molar-refractivity contribution in [2.45, 2.75) is 6.92 Å². The number of hydrogen-bond donors (Lipinski definition) is 2. The van der Waals surface area contributed by atoms with Crippen LogP contribution >= 0.6 is 12.4 Å². The van der Waals surface area contributed by atoms with Crippen LogP contribution in [0.5, 0.6) is 0 Å². The summed E-state index contributed by atoms with van der Waals surface area (Å²) in [5.41, 5.74) is 17.8. The van der Waals surface area contributed by atoms with E-state index in [1.165, 1.54) is 0 Å². The number of azo groups is 1. The molecule has 4 N–H and O–H groups in total. The largest absolute Gasteiger partial charge is 0.399 e. The van der Waals surface area contributed by atoms with Gasteiger partial charge >= 0.3 is 0 Å². The van der Waals surface area contributed by atoms with E-state index in [1.54, 1.807) is 6.07 Å². The zero-order valence-corrected chi connectivity index (χ0v) is 14.1. The lowest BCUT2D eigenvalue weighted by Crippen LogP contribution is -1.94. The Morgan fingerprint density at radius 3 is 2.25 bits per heavy atom. The summed E-state index contributed by atoms with van der Waals surface area (Å²) in [6.45, 7) is 2.03. The van der Waals surface area contributed by atoms with E-state index in [2.05, 4.69) is 10.2 Å². The lowest BCUT2D eigenvalue weighted by molar-refractivity contribution is 1.22. The highest BCUT2D eigenvalue weighted by molar-refractivity contribution is 5.87. The van der Waals surface area contributed by atoms with Crippen LogP contribution in [-0.4, -0.2) is 0 Å². The first-order chi connectivity index (χ1) is 11.1. The molecule has 0 aliphatic heterocycles. The predicted molar refractivity (Wildman–Crippen MR) is 103 cm³/mol. The standard InChI is InChI=1S/C19H18N4.ClH/c1-13-6-5-9-18(23-22-15-7-3-2-4-8-15)19(13)16-11-10-14(20)12-17(16)21;/h2-12H,20-21H2,1H3;1H. The molecule has 0 amide bonds. The molecule has 122 valence electrons. The molecule has 24 heavy (non-hydrogen) atoms. The normalized spacial score (nSPS) is 10.5. The van der Waals surface area contributed by atoms with Crippen molar-refractivity contribution in [3.63, 3.8) is 0 Å². The summed E-state index contributed by atoms with van der Waals surface area (Å²) in [4.78, 5) is 0. The molecular formula is C19H19ClN4. The molecule has 5 heteroatoms. The van der Waals surface area contributed by atoms with Gasteiger partial charge in [0.25, 0.3) is 0 Å². The van der Waals surface area contributed by atoms with Gasteiger partial charge in [-0.1, -0.05) is 36.4 Å². The minimum Gasteiger partial charge on any atom is -0.399 e. The minimum atomic E-state index is 0. The first kappa shape index (κ1) is 17.5. The van der Waals surface area contributed by atoms with Gasteiger partial charge in [-0.2, -0.15) is 5.11 Å². The molecule has 0 unspecified atom stereocenters. The van der Waals surface area contributed by atoms with Crippen molar-refractivity contribution in [3.05, 3.63) is 72.3 Å². The molecule has 3 aromatic rings. The molecule has 0 aromatic heterocycles. The third-order valence-electron chi connectivity index (χ3n) is 3.63. The molecular weight excluding hydrogens is 320 g/mol. The number of anilines is 2. The minimum absolute atomic E-state index is 0. The van der Waals surface area contributed by atoms with Crippen molar-refractivity contribution in [1.29, 1.82) is 0 Å². The van der Waals surface area contributed by atoms with Crippen molar-refractivity contribution >= 4 is 35.2 Å². The fourth-order valence-corrected chi connectivity index (χ4v) is 2.50. The maximum atomic E-state index is 6.15. The number of nitrogens with zero attached hydrogens (tertiary/aromatic N) is 2. The molecule has 3 rings (SSSR count). The summed E-state index contributed by atoms with van der Waals surface area (Å²) in [6.07, 6.45) is 0. The number of nitrogens with two attached hydrogens (primary N) is 2. The Bertz CT molecular complexity index is 860. The average molecular weight is 339 g/mol. The van der Waals surface area contributed by atoms with Gasteiger partial charge in [0.05, 0.1) is 11.4 Å².